The van der Waals surface area contributed by atoms with Gasteiger partial charge in [-0.1, -0.05) is 0 Å². The van der Waals surface area contributed by atoms with Crippen molar-refractivity contribution in [3.8, 4) is 0 Å². The number of amides is 1. The molecular weight excluding hydrogens is 312 g/mol. The minimum Gasteiger partial charge on any atom is -0.372 e. The summed E-state index contributed by atoms with van der Waals surface area (Å²) in [6.07, 6.45) is 1.70. The normalized spacial score (nSPS) is 23.4. The van der Waals surface area contributed by atoms with Gasteiger partial charge in [-0.2, -0.15) is 0 Å². The average Bonchev–Trinajstić information content (AvgIpc) is 2.32. The molecule has 0 saturated carbocycles. The van der Waals surface area contributed by atoms with E-state index in [1.54, 1.807) is 17.2 Å². The minimum absolute atomic E-state index is 0.0342. The van der Waals surface area contributed by atoms with Crippen LogP contribution in [-0.2, 0) is 16.1 Å². The fourth-order valence-corrected chi connectivity index (χ4v) is 2.63. The molecule has 1 aliphatic heterocycles. The van der Waals surface area contributed by atoms with Crippen LogP contribution in [0.1, 0.15) is 13.8 Å². The molecule has 2 heterocycles. The van der Waals surface area contributed by atoms with E-state index < -0.39 is 0 Å². The molecule has 1 aromatic rings. The summed E-state index contributed by atoms with van der Waals surface area (Å²) >= 11 is 3.30. The predicted octanol–water partition coefficient (Wildman–Crippen LogP) is 1.25. The van der Waals surface area contributed by atoms with Gasteiger partial charge < -0.3 is 14.2 Å². The Labute approximate surface area is 120 Å². The zero-order valence-electron chi connectivity index (χ0n) is 11.0. The van der Waals surface area contributed by atoms with Gasteiger partial charge in [-0.3, -0.25) is 9.59 Å². The van der Waals surface area contributed by atoms with E-state index in [0.717, 1.165) is 4.47 Å². The quantitative estimate of drug-likeness (QED) is 0.821. The zero-order valence-corrected chi connectivity index (χ0v) is 12.6. The van der Waals surface area contributed by atoms with Gasteiger partial charge in [0.1, 0.15) is 6.54 Å². The Morgan fingerprint density at radius 2 is 2.00 bits per heavy atom. The van der Waals surface area contributed by atoms with Crippen molar-refractivity contribution in [1.82, 2.24) is 9.47 Å². The zero-order chi connectivity index (χ0) is 14.0. The summed E-state index contributed by atoms with van der Waals surface area (Å²) in [6.45, 7) is 5.11. The minimum atomic E-state index is -0.175. The first-order valence-electron chi connectivity index (χ1n) is 6.25. The first-order chi connectivity index (χ1) is 8.95. The first kappa shape index (κ1) is 14.3. The molecule has 0 radical (unpaired) electrons. The van der Waals surface area contributed by atoms with Gasteiger partial charge in [0, 0.05) is 29.8 Å². The Morgan fingerprint density at radius 1 is 1.37 bits per heavy atom. The summed E-state index contributed by atoms with van der Waals surface area (Å²) in [6, 6.07) is 3.12. The van der Waals surface area contributed by atoms with Crippen molar-refractivity contribution in [3.63, 3.8) is 0 Å². The fourth-order valence-electron chi connectivity index (χ4n) is 2.25. The molecule has 2 rings (SSSR count). The Balaban J connectivity index is 2.08. The molecule has 1 aromatic heterocycles. The highest BCUT2D eigenvalue weighted by molar-refractivity contribution is 9.10. The van der Waals surface area contributed by atoms with Crippen LogP contribution >= 0.6 is 15.9 Å². The molecule has 5 nitrogen and oxygen atoms in total. The van der Waals surface area contributed by atoms with Crippen LogP contribution in [0, 0.1) is 0 Å². The van der Waals surface area contributed by atoms with E-state index in [0.29, 0.717) is 13.1 Å². The number of ether oxygens (including phenoxy) is 1. The number of hydrogen-bond acceptors (Lipinski definition) is 3. The van der Waals surface area contributed by atoms with Crippen LogP contribution in [0.5, 0.6) is 0 Å². The summed E-state index contributed by atoms with van der Waals surface area (Å²) < 4.78 is 7.78. The maximum atomic E-state index is 12.2. The molecule has 0 aromatic carbocycles. The third-order valence-corrected chi connectivity index (χ3v) is 3.49. The number of carbonyl (C=O) groups is 1. The van der Waals surface area contributed by atoms with Crippen molar-refractivity contribution in [3.05, 3.63) is 33.2 Å². The molecule has 2 atom stereocenters. The van der Waals surface area contributed by atoms with Crippen LogP contribution in [-0.4, -0.2) is 40.7 Å². The van der Waals surface area contributed by atoms with Crippen molar-refractivity contribution in [2.75, 3.05) is 13.1 Å². The van der Waals surface area contributed by atoms with Gasteiger partial charge in [0.25, 0.3) is 5.56 Å². The van der Waals surface area contributed by atoms with Crippen molar-refractivity contribution < 1.29 is 9.53 Å². The topological polar surface area (TPSA) is 51.5 Å². The molecule has 0 aliphatic carbocycles. The predicted molar refractivity (Wildman–Crippen MR) is 75.0 cm³/mol. The number of nitrogens with zero attached hydrogens (tertiary/aromatic N) is 2. The fraction of sp³-hybridized carbons (Fsp3) is 0.538. The highest BCUT2D eigenvalue weighted by Gasteiger charge is 2.25. The molecule has 104 valence electrons. The lowest BCUT2D eigenvalue weighted by molar-refractivity contribution is -0.143. The maximum Gasteiger partial charge on any atom is 0.251 e. The van der Waals surface area contributed by atoms with Gasteiger partial charge in [0.05, 0.1) is 12.2 Å². The SMILES string of the molecule is CC1CN(C(=O)Cn2cc(Br)ccc2=O)CC(C)O1. The second-order valence-corrected chi connectivity index (χ2v) is 5.79. The van der Waals surface area contributed by atoms with Crippen LogP contribution in [0.15, 0.2) is 27.6 Å². The van der Waals surface area contributed by atoms with Crippen LogP contribution in [0.2, 0.25) is 0 Å². The smallest absolute Gasteiger partial charge is 0.251 e. The molecule has 1 fully saturated rings. The Kier molecular flexibility index (Phi) is 4.42. The molecule has 19 heavy (non-hydrogen) atoms. The molecule has 1 amide bonds. The molecule has 0 N–H and O–H groups in total. The van der Waals surface area contributed by atoms with Gasteiger partial charge in [-0.25, -0.2) is 0 Å². The lowest BCUT2D eigenvalue weighted by Crippen LogP contribution is -2.49. The molecular formula is C13H17BrN2O3. The maximum absolute atomic E-state index is 12.2. The number of carbonyl (C=O) groups excluding carboxylic acids is 1. The van der Waals surface area contributed by atoms with Crippen molar-refractivity contribution in [2.24, 2.45) is 0 Å². The molecule has 1 saturated heterocycles. The number of halogens is 1. The van der Waals surface area contributed by atoms with E-state index in [-0.39, 0.29) is 30.2 Å². The van der Waals surface area contributed by atoms with E-state index in [4.69, 9.17) is 4.74 Å². The Morgan fingerprint density at radius 3 is 2.63 bits per heavy atom. The third-order valence-electron chi connectivity index (χ3n) is 3.03. The number of hydrogen-bond donors (Lipinski definition) is 0. The summed E-state index contributed by atoms with van der Waals surface area (Å²) in [7, 11) is 0. The molecule has 2 unspecified atom stereocenters. The Bertz CT molecular complexity index is 519. The first-order valence-corrected chi connectivity index (χ1v) is 7.04. The number of morpholine rings is 1. The summed E-state index contributed by atoms with van der Waals surface area (Å²) in [5, 5.41) is 0. The lowest BCUT2D eigenvalue weighted by Gasteiger charge is -2.35. The largest absolute Gasteiger partial charge is 0.372 e. The van der Waals surface area contributed by atoms with Crippen molar-refractivity contribution in [1.29, 1.82) is 0 Å². The standard InChI is InChI=1S/C13H17BrN2O3/c1-9-5-15(6-10(2)19-9)13(18)8-16-7-11(14)3-4-12(16)17/h3-4,7,9-10H,5-6,8H2,1-2H3. The number of pyridine rings is 1. The van der Waals surface area contributed by atoms with E-state index in [2.05, 4.69) is 15.9 Å². The molecule has 0 spiro atoms. The van der Waals surface area contributed by atoms with Crippen LogP contribution in [0.4, 0.5) is 0 Å². The van der Waals surface area contributed by atoms with Gasteiger partial charge in [-0.15, -0.1) is 0 Å². The second kappa shape index (κ2) is 5.88. The molecule has 0 bridgehead atoms. The van der Waals surface area contributed by atoms with Gasteiger partial charge >= 0.3 is 0 Å². The monoisotopic (exact) mass is 328 g/mol. The highest BCUT2D eigenvalue weighted by Crippen LogP contribution is 2.11. The van der Waals surface area contributed by atoms with E-state index in [9.17, 15) is 9.59 Å². The second-order valence-electron chi connectivity index (χ2n) is 4.87. The van der Waals surface area contributed by atoms with Gasteiger partial charge in [-0.05, 0) is 35.8 Å². The van der Waals surface area contributed by atoms with E-state index in [1.807, 2.05) is 13.8 Å². The van der Waals surface area contributed by atoms with Crippen molar-refractivity contribution >= 4 is 21.8 Å². The van der Waals surface area contributed by atoms with E-state index in [1.165, 1.54) is 10.6 Å². The summed E-state index contributed by atoms with van der Waals surface area (Å²) in [5.74, 6) is -0.0535. The summed E-state index contributed by atoms with van der Waals surface area (Å²) in [4.78, 5) is 25.6. The Hall–Kier alpha value is -1.14. The average molecular weight is 329 g/mol. The lowest BCUT2D eigenvalue weighted by atomic mass is 10.2. The van der Waals surface area contributed by atoms with Crippen molar-refractivity contribution in [2.45, 2.75) is 32.6 Å². The van der Waals surface area contributed by atoms with Crippen LogP contribution < -0.4 is 5.56 Å². The van der Waals surface area contributed by atoms with Gasteiger partial charge in [0.15, 0.2) is 0 Å². The summed E-state index contributed by atoms with van der Waals surface area (Å²) in [5.41, 5.74) is -0.175. The molecule has 1 aliphatic rings. The van der Waals surface area contributed by atoms with Gasteiger partial charge in [0.2, 0.25) is 5.91 Å². The van der Waals surface area contributed by atoms with Crippen LogP contribution in [0.3, 0.4) is 0 Å². The van der Waals surface area contributed by atoms with Crippen LogP contribution in [0.25, 0.3) is 0 Å². The number of aromatic nitrogens is 1. The highest BCUT2D eigenvalue weighted by atomic mass is 79.9. The van der Waals surface area contributed by atoms with E-state index >= 15 is 0 Å². The third kappa shape index (κ3) is 3.67. The number of rotatable bonds is 2. The molecule has 6 heteroatoms.